The molecule has 0 aliphatic carbocycles. The Morgan fingerprint density at radius 1 is 1.00 bits per heavy atom. The van der Waals surface area contributed by atoms with E-state index >= 15 is 0 Å². The van der Waals surface area contributed by atoms with Gasteiger partial charge in [-0.2, -0.15) is 0 Å². The van der Waals surface area contributed by atoms with Gasteiger partial charge < -0.3 is 0 Å². The normalized spacial score (nSPS) is 15.7. The minimum absolute atomic E-state index is 1.09. The molecule has 1 aromatic rings. The van der Waals surface area contributed by atoms with Crippen molar-refractivity contribution in [3.63, 3.8) is 0 Å². The maximum atomic E-state index is 4.17. The third-order valence-corrected chi connectivity index (χ3v) is 2.89. The first kappa shape index (κ1) is 10.7. The maximum Gasteiger partial charge on any atom is 0.0400 e. The van der Waals surface area contributed by atoms with Crippen molar-refractivity contribution in [2.45, 2.75) is 20.8 Å². The van der Waals surface area contributed by atoms with E-state index in [1.165, 1.54) is 22.3 Å². The zero-order valence-electron chi connectivity index (χ0n) is 9.91. The van der Waals surface area contributed by atoms with E-state index in [9.17, 15) is 0 Å². The monoisotopic (exact) mass is 209 g/mol. The SMILES string of the molecule is CC1=C=NC=C(C)C(C)=C1c1ccccc1. The highest BCUT2D eigenvalue weighted by molar-refractivity contribution is 5.91. The van der Waals surface area contributed by atoms with Crippen LogP contribution < -0.4 is 0 Å². The second-order valence-electron chi connectivity index (χ2n) is 4.04. The number of benzene rings is 1. The van der Waals surface area contributed by atoms with Crippen LogP contribution in [-0.2, 0) is 0 Å². The van der Waals surface area contributed by atoms with Gasteiger partial charge in [0.1, 0.15) is 0 Å². The lowest BCUT2D eigenvalue weighted by molar-refractivity contribution is 1.31. The zero-order valence-corrected chi connectivity index (χ0v) is 9.91. The summed E-state index contributed by atoms with van der Waals surface area (Å²) in [5, 5.41) is 0. The van der Waals surface area contributed by atoms with Crippen LogP contribution in [0, 0.1) is 0 Å². The molecule has 1 nitrogen and oxygen atoms in total. The highest BCUT2D eigenvalue weighted by atomic mass is 14.7. The second-order valence-corrected chi connectivity index (χ2v) is 4.04. The van der Waals surface area contributed by atoms with Crippen LogP contribution >= 0.6 is 0 Å². The number of rotatable bonds is 1. The van der Waals surface area contributed by atoms with Gasteiger partial charge in [-0.1, -0.05) is 30.3 Å². The van der Waals surface area contributed by atoms with Gasteiger partial charge in [-0.25, -0.2) is 4.99 Å². The van der Waals surface area contributed by atoms with E-state index in [2.05, 4.69) is 55.9 Å². The Labute approximate surface area is 96.5 Å². The van der Waals surface area contributed by atoms with E-state index in [1.807, 2.05) is 12.3 Å². The van der Waals surface area contributed by atoms with E-state index in [0.717, 1.165) is 5.57 Å². The predicted octanol–water partition coefficient (Wildman–Crippen LogP) is 3.99. The molecule has 80 valence electrons. The molecular formula is C15H15N. The van der Waals surface area contributed by atoms with Crippen molar-refractivity contribution < 1.29 is 0 Å². The summed E-state index contributed by atoms with van der Waals surface area (Å²) in [5.41, 5.74) is 6.04. The Hall–Kier alpha value is -1.85. The van der Waals surface area contributed by atoms with Crippen molar-refractivity contribution in [3.8, 4) is 0 Å². The standard InChI is InChI=1S/C15H15N/c1-11-9-16-10-12(2)15(13(11)3)14-7-5-4-6-8-14/h4-9H,1-3H3. The molecule has 1 aliphatic heterocycles. The van der Waals surface area contributed by atoms with Gasteiger partial charge in [-0.15, -0.1) is 0 Å². The molecule has 1 aromatic carbocycles. The average Bonchev–Trinajstić information content (AvgIpc) is 2.41. The summed E-state index contributed by atoms with van der Waals surface area (Å²) >= 11 is 0. The van der Waals surface area contributed by atoms with Gasteiger partial charge in [0.05, 0.1) is 0 Å². The molecule has 0 amide bonds. The summed E-state index contributed by atoms with van der Waals surface area (Å²) in [4.78, 5) is 4.17. The van der Waals surface area contributed by atoms with E-state index in [1.54, 1.807) is 0 Å². The first-order valence-corrected chi connectivity index (χ1v) is 5.43. The van der Waals surface area contributed by atoms with Crippen molar-refractivity contribution in [2.75, 3.05) is 0 Å². The number of aliphatic imine (C=N–C) groups is 1. The van der Waals surface area contributed by atoms with Crippen LogP contribution in [0.4, 0.5) is 0 Å². The van der Waals surface area contributed by atoms with Gasteiger partial charge in [0, 0.05) is 11.8 Å². The molecule has 0 bridgehead atoms. The summed E-state index contributed by atoms with van der Waals surface area (Å²) in [6, 6.07) is 10.4. The number of nitrogens with zero attached hydrogens (tertiary/aromatic N) is 1. The number of hydrogen-bond acceptors (Lipinski definition) is 1. The molecule has 0 spiro atoms. The van der Waals surface area contributed by atoms with Crippen molar-refractivity contribution in [1.82, 2.24) is 0 Å². The molecule has 1 heterocycles. The second kappa shape index (κ2) is 4.34. The summed E-state index contributed by atoms with van der Waals surface area (Å²) < 4.78 is 0. The summed E-state index contributed by atoms with van der Waals surface area (Å²) in [5.74, 6) is 3.06. The highest BCUT2D eigenvalue weighted by Gasteiger charge is 2.10. The van der Waals surface area contributed by atoms with Gasteiger partial charge >= 0.3 is 0 Å². The molecule has 1 heteroatoms. The number of allylic oxidation sites excluding steroid dienone is 4. The summed E-state index contributed by atoms with van der Waals surface area (Å²) in [6.45, 7) is 6.28. The smallest absolute Gasteiger partial charge is 0.0400 e. The topological polar surface area (TPSA) is 12.4 Å². The Balaban J connectivity index is 2.66. The van der Waals surface area contributed by atoms with Crippen LogP contribution in [0.3, 0.4) is 0 Å². The average molecular weight is 209 g/mol. The maximum absolute atomic E-state index is 4.17. The Kier molecular flexibility index (Phi) is 2.89. The van der Waals surface area contributed by atoms with Gasteiger partial charge in [0.15, 0.2) is 0 Å². The molecular weight excluding hydrogens is 194 g/mol. The molecule has 0 unspecified atom stereocenters. The van der Waals surface area contributed by atoms with Crippen LogP contribution in [0.1, 0.15) is 26.3 Å². The quantitative estimate of drug-likeness (QED) is 0.663. The summed E-state index contributed by atoms with van der Waals surface area (Å²) in [7, 11) is 0. The first-order valence-electron chi connectivity index (χ1n) is 5.43. The molecule has 0 saturated carbocycles. The van der Waals surface area contributed by atoms with Crippen molar-refractivity contribution in [1.29, 1.82) is 0 Å². The van der Waals surface area contributed by atoms with E-state index < -0.39 is 0 Å². The van der Waals surface area contributed by atoms with Crippen LogP contribution in [0.5, 0.6) is 0 Å². The van der Waals surface area contributed by atoms with Gasteiger partial charge in [0.25, 0.3) is 0 Å². The molecule has 16 heavy (non-hydrogen) atoms. The minimum atomic E-state index is 1.09. The lowest BCUT2D eigenvalue weighted by Gasteiger charge is -2.11. The fourth-order valence-electron chi connectivity index (χ4n) is 1.89. The van der Waals surface area contributed by atoms with Crippen molar-refractivity contribution in [2.24, 2.45) is 4.99 Å². The Bertz CT molecular complexity index is 524. The first-order chi connectivity index (χ1) is 7.70. The lowest BCUT2D eigenvalue weighted by Crippen LogP contribution is -1.92. The van der Waals surface area contributed by atoms with Crippen molar-refractivity contribution in [3.05, 3.63) is 58.8 Å². The van der Waals surface area contributed by atoms with Gasteiger partial charge in [0.2, 0.25) is 0 Å². The molecule has 0 saturated heterocycles. The molecule has 0 radical (unpaired) electrons. The fraction of sp³-hybridized carbons (Fsp3) is 0.200. The largest absolute Gasteiger partial charge is 0.214 e. The third-order valence-electron chi connectivity index (χ3n) is 2.89. The number of hydrogen-bond donors (Lipinski definition) is 0. The summed E-state index contributed by atoms with van der Waals surface area (Å²) in [6.07, 6.45) is 1.87. The Morgan fingerprint density at radius 3 is 2.38 bits per heavy atom. The third kappa shape index (κ3) is 1.91. The van der Waals surface area contributed by atoms with E-state index in [-0.39, 0.29) is 0 Å². The lowest BCUT2D eigenvalue weighted by atomic mass is 9.92. The minimum Gasteiger partial charge on any atom is -0.214 e. The molecule has 0 aromatic heterocycles. The zero-order chi connectivity index (χ0) is 11.5. The van der Waals surface area contributed by atoms with Crippen LogP contribution in [-0.4, -0.2) is 5.87 Å². The molecule has 1 aliphatic rings. The molecule has 2 rings (SSSR count). The predicted molar refractivity (Wildman–Crippen MR) is 69.4 cm³/mol. The van der Waals surface area contributed by atoms with Crippen molar-refractivity contribution >= 4 is 11.4 Å². The van der Waals surface area contributed by atoms with E-state index in [0.29, 0.717) is 0 Å². The van der Waals surface area contributed by atoms with Crippen LogP contribution in [0.2, 0.25) is 0 Å². The molecule has 0 atom stereocenters. The molecule has 0 fully saturated rings. The van der Waals surface area contributed by atoms with Gasteiger partial charge in [-0.05, 0) is 48.9 Å². The van der Waals surface area contributed by atoms with Crippen LogP contribution in [0.25, 0.3) is 5.57 Å². The fourth-order valence-corrected chi connectivity index (χ4v) is 1.89. The van der Waals surface area contributed by atoms with Crippen LogP contribution in [0.15, 0.2) is 58.2 Å². The Morgan fingerprint density at radius 2 is 1.69 bits per heavy atom. The molecule has 0 N–H and O–H groups in total. The van der Waals surface area contributed by atoms with E-state index in [4.69, 9.17) is 0 Å². The highest BCUT2D eigenvalue weighted by Crippen LogP contribution is 2.29. The van der Waals surface area contributed by atoms with Gasteiger partial charge in [-0.3, -0.25) is 0 Å².